The number of carbonyl (C=O) groups excluding carboxylic acids is 2. The molecule has 0 aliphatic heterocycles. The smallest absolute Gasteiger partial charge is 0.240 e. The van der Waals surface area contributed by atoms with E-state index < -0.39 is 5.41 Å². The van der Waals surface area contributed by atoms with Gasteiger partial charge >= 0.3 is 0 Å². The molecule has 0 unspecified atom stereocenters. The van der Waals surface area contributed by atoms with E-state index in [2.05, 4.69) is 10.6 Å². The molecule has 114 valence electrons. The zero-order valence-corrected chi connectivity index (χ0v) is 12.8. The summed E-state index contributed by atoms with van der Waals surface area (Å²) in [4.78, 5) is 24.6. The van der Waals surface area contributed by atoms with Gasteiger partial charge in [0, 0.05) is 19.3 Å². The number of benzene rings is 1. The maximum absolute atomic E-state index is 12.4. The average molecular weight is 290 g/mol. The highest BCUT2D eigenvalue weighted by Crippen LogP contribution is 2.47. The molecule has 21 heavy (non-hydrogen) atoms. The van der Waals surface area contributed by atoms with E-state index in [0.29, 0.717) is 26.0 Å². The number of hydrogen-bond donors (Lipinski definition) is 2. The number of aryl methyl sites for hydroxylation is 1. The van der Waals surface area contributed by atoms with E-state index in [1.54, 1.807) is 7.11 Å². The fourth-order valence-electron chi connectivity index (χ4n) is 2.25. The van der Waals surface area contributed by atoms with Crippen LogP contribution in [0.4, 0.5) is 5.69 Å². The lowest BCUT2D eigenvalue weighted by Gasteiger charge is -2.17. The highest BCUT2D eigenvalue weighted by molar-refractivity contribution is 6.13. The molecule has 0 spiro atoms. The van der Waals surface area contributed by atoms with Crippen LogP contribution in [-0.2, 0) is 14.3 Å². The van der Waals surface area contributed by atoms with Gasteiger partial charge in [0.25, 0.3) is 0 Å². The summed E-state index contributed by atoms with van der Waals surface area (Å²) < 4.78 is 4.90. The topological polar surface area (TPSA) is 67.4 Å². The number of amides is 2. The minimum Gasteiger partial charge on any atom is -0.383 e. The summed E-state index contributed by atoms with van der Waals surface area (Å²) in [6, 6.07) is 5.75. The van der Waals surface area contributed by atoms with Gasteiger partial charge in [0.2, 0.25) is 11.8 Å². The summed E-state index contributed by atoms with van der Waals surface area (Å²) in [5.41, 5.74) is 2.02. The van der Waals surface area contributed by atoms with Gasteiger partial charge in [-0.15, -0.1) is 0 Å². The van der Waals surface area contributed by atoms with Crippen molar-refractivity contribution in [2.45, 2.75) is 26.7 Å². The van der Waals surface area contributed by atoms with E-state index in [4.69, 9.17) is 4.74 Å². The van der Waals surface area contributed by atoms with Crippen LogP contribution in [-0.4, -0.2) is 32.1 Å². The van der Waals surface area contributed by atoms with Crippen molar-refractivity contribution in [1.29, 1.82) is 0 Å². The molecule has 0 aromatic heterocycles. The van der Waals surface area contributed by atoms with E-state index in [0.717, 1.165) is 16.8 Å². The lowest BCUT2D eigenvalue weighted by molar-refractivity contribution is -0.134. The fraction of sp³-hybridized carbons (Fsp3) is 0.500. The van der Waals surface area contributed by atoms with Crippen molar-refractivity contribution in [3.63, 3.8) is 0 Å². The molecule has 1 aromatic rings. The second-order valence-electron chi connectivity index (χ2n) is 5.53. The minimum atomic E-state index is -0.899. The molecule has 5 nitrogen and oxygen atoms in total. The van der Waals surface area contributed by atoms with Crippen molar-refractivity contribution in [3.8, 4) is 0 Å². The Morgan fingerprint density at radius 1 is 1.24 bits per heavy atom. The zero-order chi connectivity index (χ0) is 15.5. The average Bonchev–Trinajstić information content (AvgIpc) is 3.25. The second kappa shape index (κ2) is 6.26. The van der Waals surface area contributed by atoms with Crippen LogP contribution >= 0.6 is 0 Å². The zero-order valence-electron chi connectivity index (χ0n) is 12.8. The Labute approximate surface area is 125 Å². The summed E-state index contributed by atoms with van der Waals surface area (Å²) in [7, 11) is 1.58. The standard InChI is InChI=1S/C16H22N2O3/c1-11-5-4-6-13(12(11)2)18-15(20)16(7-8-16)14(19)17-9-10-21-3/h4-6H,7-10H2,1-3H3,(H,17,19)(H,18,20). The maximum Gasteiger partial charge on any atom is 0.240 e. The highest BCUT2D eigenvalue weighted by atomic mass is 16.5. The van der Waals surface area contributed by atoms with E-state index >= 15 is 0 Å². The molecule has 1 aromatic carbocycles. The molecule has 0 saturated heterocycles. The van der Waals surface area contributed by atoms with Gasteiger partial charge < -0.3 is 15.4 Å². The van der Waals surface area contributed by atoms with Gasteiger partial charge in [-0.3, -0.25) is 9.59 Å². The SMILES string of the molecule is COCCNC(=O)C1(C(=O)Nc2cccc(C)c2C)CC1. The predicted molar refractivity (Wildman–Crippen MR) is 81.1 cm³/mol. The molecule has 5 heteroatoms. The second-order valence-corrected chi connectivity index (χ2v) is 5.53. The van der Waals surface area contributed by atoms with E-state index in [1.807, 2.05) is 32.0 Å². The number of carbonyl (C=O) groups is 2. The molecule has 0 atom stereocenters. The van der Waals surface area contributed by atoms with E-state index in [-0.39, 0.29) is 11.8 Å². The van der Waals surface area contributed by atoms with Gasteiger partial charge in [-0.1, -0.05) is 12.1 Å². The first-order valence-corrected chi connectivity index (χ1v) is 7.16. The molecule has 0 bridgehead atoms. The number of hydrogen-bond acceptors (Lipinski definition) is 3. The monoisotopic (exact) mass is 290 g/mol. The number of methoxy groups -OCH3 is 1. The first-order valence-electron chi connectivity index (χ1n) is 7.16. The lowest BCUT2D eigenvalue weighted by atomic mass is 10.0. The first kappa shape index (κ1) is 15.5. The highest BCUT2D eigenvalue weighted by Gasteiger charge is 2.56. The molecule has 2 N–H and O–H groups in total. The number of rotatable bonds is 6. The molecule has 0 radical (unpaired) electrons. The Hall–Kier alpha value is -1.88. The van der Waals surface area contributed by atoms with Crippen LogP contribution in [0.1, 0.15) is 24.0 Å². The third kappa shape index (κ3) is 3.24. The quantitative estimate of drug-likeness (QED) is 0.620. The van der Waals surface area contributed by atoms with Crippen LogP contribution < -0.4 is 10.6 Å². The van der Waals surface area contributed by atoms with Gasteiger partial charge in [-0.2, -0.15) is 0 Å². The Morgan fingerprint density at radius 3 is 2.57 bits per heavy atom. The summed E-state index contributed by atoms with van der Waals surface area (Å²) in [6.07, 6.45) is 1.20. The maximum atomic E-state index is 12.4. The van der Waals surface area contributed by atoms with Crippen molar-refractivity contribution < 1.29 is 14.3 Å². The molecule has 1 aliphatic rings. The number of nitrogens with one attached hydrogen (secondary N) is 2. The summed E-state index contributed by atoms with van der Waals surface area (Å²) in [5, 5.41) is 5.65. The Morgan fingerprint density at radius 2 is 1.95 bits per heavy atom. The van der Waals surface area contributed by atoms with Crippen LogP contribution in [0.5, 0.6) is 0 Å². The summed E-state index contributed by atoms with van der Waals surface area (Å²) >= 11 is 0. The number of anilines is 1. The molecule has 0 heterocycles. The van der Waals surface area contributed by atoms with Crippen molar-refractivity contribution in [1.82, 2.24) is 5.32 Å². The summed E-state index contributed by atoms with van der Waals surface area (Å²) in [5.74, 6) is -0.423. The lowest BCUT2D eigenvalue weighted by Crippen LogP contribution is -2.41. The molecule has 1 aliphatic carbocycles. The van der Waals surface area contributed by atoms with E-state index in [1.165, 1.54) is 0 Å². The minimum absolute atomic E-state index is 0.206. The van der Waals surface area contributed by atoms with Crippen LogP contribution in [0.15, 0.2) is 18.2 Å². The first-order chi connectivity index (χ1) is 10.0. The summed E-state index contributed by atoms with van der Waals surface area (Å²) in [6.45, 7) is 4.83. The van der Waals surface area contributed by atoms with Gasteiger partial charge in [0.1, 0.15) is 5.41 Å². The normalized spacial score (nSPS) is 15.4. The van der Waals surface area contributed by atoms with Crippen LogP contribution in [0.25, 0.3) is 0 Å². The fourth-order valence-corrected chi connectivity index (χ4v) is 2.25. The third-order valence-electron chi connectivity index (χ3n) is 4.06. The molecule has 2 amide bonds. The van der Waals surface area contributed by atoms with Crippen molar-refractivity contribution in [3.05, 3.63) is 29.3 Å². The molecule has 1 fully saturated rings. The van der Waals surface area contributed by atoms with Crippen molar-refractivity contribution in [2.75, 3.05) is 25.6 Å². The Bertz CT molecular complexity index is 550. The molecule has 2 rings (SSSR count). The van der Waals surface area contributed by atoms with Gasteiger partial charge in [-0.05, 0) is 43.9 Å². The molecular formula is C16H22N2O3. The van der Waals surface area contributed by atoms with Gasteiger partial charge in [0.15, 0.2) is 0 Å². The van der Waals surface area contributed by atoms with Crippen molar-refractivity contribution >= 4 is 17.5 Å². The third-order valence-corrected chi connectivity index (χ3v) is 4.06. The predicted octanol–water partition coefficient (Wildman–Crippen LogP) is 1.78. The van der Waals surface area contributed by atoms with Crippen LogP contribution in [0, 0.1) is 19.3 Å². The molecular weight excluding hydrogens is 268 g/mol. The van der Waals surface area contributed by atoms with E-state index in [9.17, 15) is 9.59 Å². The van der Waals surface area contributed by atoms with Gasteiger partial charge in [0.05, 0.1) is 6.61 Å². The van der Waals surface area contributed by atoms with Gasteiger partial charge in [-0.25, -0.2) is 0 Å². The Kier molecular flexibility index (Phi) is 4.63. The Balaban J connectivity index is 2.02. The number of ether oxygens (including phenoxy) is 1. The van der Waals surface area contributed by atoms with Crippen LogP contribution in [0.2, 0.25) is 0 Å². The van der Waals surface area contributed by atoms with Crippen molar-refractivity contribution in [2.24, 2.45) is 5.41 Å². The van der Waals surface area contributed by atoms with Crippen LogP contribution in [0.3, 0.4) is 0 Å². The molecule has 1 saturated carbocycles. The largest absolute Gasteiger partial charge is 0.383 e.